The van der Waals surface area contributed by atoms with Gasteiger partial charge in [-0.2, -0.15) is 0 Å². The van der Waals surface area contributed by atoms with Gasteiger partial charge in [-0.15, -0.1) is 0 Å². The lowest BCUT2D eigenvalue weighted by atomic mass is 10.3. The molecular weight excluding hydrogens is 257 g/mol. The third kappa shape index (κ3) is 3.93. The Kier molecular flexibility index (Phi) is 4.90. The molecule has 106 valence electrons. The van der Waals surface area contributed by atoms with Crippen LogP contribution in [0.15, 0.2) is 42.6 Å². The zero-order chi connectivity index (χ0) is 14.4. The second-order valence-corrected chi connectivity index (χ2v) is 4.46. The molecule has 1 aromatic carbocycles. The van der Waals surface area contributed by atoms with E-state index in [2.05, 4.69) is 10.6 Å². The Hall–Kier alpha value is -2.14. The van der Waals surface area contributed by atoms with Gasteiger partial charge in [-0.05, 0) is 42.9 Å². The molecule has 0 aliphatic heterocycles. The smallest absolute Gasteiger partial charge is 0.244 e. The largest absolute Gasteiger partial charge is 0.341 e. The van der Waals surface area contributed by atoms with E-state index < -0.39 is 0 Å². The molecule has 0 fully saturated rings. The van der Waals surface area contributed by atoms with Crippen molar-refractivity contribution in [1.82, 2.24) is 9.88 Å². The molecule has 2 rings (SSSR count). The van der Waals surface area contributed by atoms with E-state index in [1.165, 1.54) is 12.1 Å². The van der Waals surface area contributed by atoms with Gasteiger partial charge in [-0.25, -0.2) is 4.39 Å². The summed E-state index contributed by atoms with van der Waals surface area (Å²) in [4.78, 5) is 11.9. The summed E-state index contributed by atoms with van der Waals surface area (Å²) in [5, 5.41) is 5.97. The van der Waals surface area contributed by atoms with Crippen LogP contribution in [-0.4, -0.2) is 17.0 Å². The monoisotopic (exact) mass is 275 g/mol. The Morgan fingerprint density at radius 3 is 2.70 bits per heavy atom. The van der Waals surface area contributed by atoms with Crippen molar-refractivity contribution in [2.75, 3.05) is 11.9 Å². The van der Waals surface area contributed by atoms with Gasteiger partial charge >= 0.3 is 0 Å². The van der Waals surface area contributed by atoms with Gasteiger partial charge in [0.25, 0.3) is 0 Å². The van der Waals surface area contributed by atoms with Crippen molar-refractivity contribution >= 4 is 11.6 Å². The van der Waals surface area contributed by atoms with Crippen LogP contribution in [0.3, 0.4) is 0 Å². The number of hydrogen-bond acceptors (Lipinski definition) is 2. The van der Waals surface area contributed by atoms with Crippen LogP contribution in [0, 0.1) is 5.82 Å². The normalized spacial score (nSPS) is 10.5. The van der Waals surface area contributed by atoms with Crippen molar-refractivity contribution in [3.63, 3.8) is 0 Å². The van der Waals surface area contributed by atoms with Crippen LogP contribution in [0.5, 0.6) is 0 Å². The Balaban J connectivity index is 1.94. The van der Waals surface area contributed by atoms with Crippen LogP contribution in [0.25, 0.3) is 0 Å². The quantitative estimate of drug-likeness (QED) is 0.850. The lowest BCUT2D eigenvalue weighted by molar-refractivity contribution is -0.116. The zero-order valence-electron chi connectivity index (χ0n) is 11.4. The molecule has 1 aromatic heterocycles. The number of rotatable bonds is 6. The van der Waals surface area contributed by atoms with E-state index in [9.17, 15) is 9.18 Å². The van der Waals surface area contributed by atoms with Crippen LogP contribution in [-0.2, 0) is 17.9 Å². The molecule has 0 unspecified atom stereocenters. The topological polar surface area (TPSA) is 46.1 Å². The van der Waals surface area contributed by atoms with Crippen LogP contribution in [0.4, 0.5) is 10.1 Å². The summed E-state index contributed by atoms with van der Waals surface area (Å²) >= 11 is 0. The second kappa shape index (κ2) is 6.86. The first kappa shape index (κ1) is 14.3. The highest BCUT2D eigenvalue weighted by Crippen LogP contribution is 2.09. The number of anilines is 1. The summed E-state index contributed by atoms with van der Waals surface area (Å²) in [6.07, 6.45) is 1.87. The minimum absolute atomic E-state index is 0.134. The van der Waals surface area contributed by atoms with Crippen LogP contribution in [0.2, 0.25) is 0 Å². The van der Waals surface area contributed by atoms with Crippen LogP contribution < -0.4 is 10.6 Å². The van der Waals surface area contributed by atoms with E-state index in [1.807, 2.05) is 29.8 Å². The number of benzene rings is 1. The van der Waals surface area contributed by atoms with E-state index in [0.717, 1.165) is 18.8 Å². The molecule has 4 nitrogen and oxygen atoms in total. The molecule has 20 heavy (non-hydrogen) atoms. The van der Waals surface area contributed by atoms with Gasteiger partial charge in [0.1, 0.15) is 12.4 Å². The van der Waals surface area contributed by atoms with E-state index in [1.54, 1.807) is 12.1 Å². The van der Waals surface area contributed by atoms with Gasteiger partial charge in [0.15, 0.2) is 0 Å². The number of nitrogens with one attached hydrogen (secondary N) is 2. The predicted octanol–water partition coefficient (Wildman–Crippen LogP) is 2.38. The first-order valence-corrected chi connectivity index (χ1v) is 6.59. The maximum atomic E-state index is 12.8. The molecule has 0 saturated carbocycles. The Bertz CT molecular complexity index is 563. The molecule has 1 heterocycles. The summed E-state index contributed by atoms with van der Waals surface area (Å²) in [6.45, 7) is 3.89. The lowest BCUT2D eigenvalue weighted by Gasteiger charge is -2.10. The summed E-state index contributed by atoms with van der Waals surface area (Å²) in [5.41, 5.74) is 1.65. The maximum absolute atomic E-state index is 12.8. The number of carbonyl (C=O) groups excluding carboxylic acids is 1. The summed E-state index contributed by atoms with van der Waals surface area (Å²) in [5.74, 6) is -0.452. The Labute approximate surface area is 117 Å². The molecule has 2 N–H and O–H groups in total. The fourth-order valence-corrected chi connectivity index (χ4v) is 1.91. The molecular formula is C15H18FN3O. The molecule has 0 atom stereocenters. The van der Waals surface area contributed by atoms with Gasteiger partial charge < -0.3 is 15.2 Å². The number of carbonyl (C=O) groups is 1. The number of aromatic nitrogens is 1. The molecule has 1 amide bonds. The summed E-state index contributed by atoms with van der Waals surface area (Å²) < 4.78 is 14.7. The van der Waals surface area contributed by atoms with Gasteiger partial charge in [0.2, 0.25) is 5.91 Å². The maximum Gasteiger partial charge on any atom is 0.244 e. The highest BCUT2D eigenvalue weighted by molar-refractivity contribution is 5.90. The molecule has 0 aliphatic carbocycles. The van der Waals surface area contributed by atoms with Gasteiger partial charge in [-0.1, -0.05) is 6.92 Å². The molecule has 0 radical (unpaired) electrons. The van der Waals surface area contributed by atoms with E-state index >= 15 is 0 Å². The van der Waals surface area contributed by atoms with Crippen molar-refractivity contribution in [2.24, 2.45) is 0 Å². The number of nitrogens with zero attached hydrogens (tertiary/aromatic N) is 1. The lowest BCUT2D eigenvalue weighted by Crippen LogP contribution is -2.21. The van der Waals surface area contributed by atoms with Crippen molar-refractivity contribution in [3.05, 3.63) is 54.1 Å². The Morgan fingerprint density at radius 2 is 2.00 bits per heavy atom. The fourth-order valence-electron chi connectivity index (χ4n) is 1.91. The Morgan fingerprint density at radius 1 is 1.25 bits per heavy atom. The second-order valence-electron chi connectivity index (χ2n) is 4.46. The first-order chi connectivity index (χ1) is 9.69. The molecule has 0 bridgehead atoms. The first-order valence-electron chi connectivity index (χ1n) is 6.59. The van der Waals surface area contributed by atoms with E-state index in [4.69, 9.17) is 0 Å². The van der Waals surface area contributed by atoms with Crippen LogP contribution >= 0.6 is 0 Å². The summed E-state index contributed by atoms with van der Waals surface area (Å²) in [6, 6.07) is 9.63. The highest BCUT2D eigenvalue weighted by atomic mass is 19.1. The number of amides is 1. The van der Waals surface area contributed by atoms with Gasteiger partial charge in [0.05, 0.1) is 0 Å². The van der Waals surface area contributed by atoms with Gasteiger partial charge in [0, 0.05) is 24.1 Å². The highest BCUT2D eigenvalue weighted by Gasteiger charge is 2.06. The molecule has 0 saturated heterocycles. The van der Waals surface area contributed by atoms with E-state index in [-0.39, 0.29) is 18.3 Å². The SMILES string of the molecule is CCNCc1cccn1CC(=O)Nc1ccc(F)cc1. The average molecular weight is 275 g/mol. The van der Waals surface area contributed by atoms with E-state index in [0.29, 0.717) is 5.69 Å². The molecule has 0 aliphatic rings. The fraction of sp³-hybridized carbons (Fsp3) is 0.267. The minimum atomic E-state index is -0.318. The molecule has 0 spiro atoms. The van der Waals surface area contributed by atoms with Crippen molar-refractivity contribution in [1.29, 1.82) is 0 Å². The molecule has 2 aromatic rings. The van der Waals surface area contributed by atoms with Crippen molar-refractivity contribution in [3.8, 4) is 0 Å². The predicted molar refractivity (Wildman–Crippen MR) is 76.8 cm³/mol. The standard InChI is InChI=1S/C15H18FN3O/c1-2-17-10-14-4-3-9-19(14)11-15(20)18-13-7-5-12(16)6-8-13/h3-9,17H,2,10-11H2,1H3,(H,18,20). The van der Waals surface area contributed by atoms with Crippen molar-refractivity contribution in [2.45, 2.75) is 20.0 Å². The third-order valence-electron chi connectivity index (χ3n) is 2.92. The van der Waals surface area contributed by atoms with Crippen molar-refractivity contribution < 1.29 is 9.18 Å². The van der Waals surface area contributed by atoms with Crippen LogP contribution in [0.1, 0.15) is 12.6 Å². The summed E-state index contributed by atoms with van der Waals surface area (Å²) in [7, 11) is 0. The number of hydrogen-bond donors (Lipinski definition) is 2. The average Bonchev–Trinajstić information content (AvgIpc) is 2.86. The minimum Gasteiger partial charge on any atom is -0.341 e. The molecule has 5 heteroatoms. The van der Waals surface area contributed by atoms with Gasteiger partial charge in [-0.3, -0.25) is 4.79 Å². The third-order valence-corrected chi connectivity index (χ3v) is 2.92. The number of halogens is 1. The zero-order valence-corrected chi connectivity index (χ0v) is 11.4.